The molecule has 0 radical (unpaired) electrons. The molecule has 0 aliphatic carbocycles. The number of benzene rings is 1. The molecule has 0 N–H and O–H groups in total. The average Bonchev–Trinajstić information content (AvgIpc) is 2.59. The second-order valence-electron chi connectivity index (χ2n) is 5.43. The van der Waals surface area contributed by atoms with Crippen molar-refractivity contribution in [3.63, 3.8) is 0 Å². The first-order chi connectivity index (χ1) is 10.8. The van der Waals surface area contributed by atoms with Gasteiger partial charge in [0.25, 0.3) is 0 Å². The Hall–Kier alpha value is -1.88. The van der Waals surface area contributed by atoms with E-state index in [9.17, 15) is 4.79 Å². The summed E-state index contributed by atoms with van der Waals surface area (Å²) >= 11 is 0. The Kier molecular flexibility index (Phi) is 6.59. The molecule has 0 fully saturated rings. The molecule has 0 bridgehead atoms. The predicted molar refractivity (Wildman–Crippen MR) is 84.8 cm³/mol. The summed E-state index contributed by atoms with van der Waals surface area (Å²) in [7, 11) is 0. The second-order valence-corrected chi connectivity index (χ2v) is 5.43. The summed E-state index contributed by atoms with van der Waals surface area (Å²) in [4.78, 5) is 14.3. The molecule has 2 aromatic rings. The number of carbonyl (C=O) groups excluding carboxylic acids is 1. The van der Waals surface area contributed by atoms with E-state index in [0.717, 1.165) is 30.8 Å². The van der Waals surface area contributed by atoms with E-state index < -0.39 is 0 Å². The number of para-hydroxylation sites is 2. The number of amides is 1. The number of ether oxygens (including phenoxy) is 1. The molecule has 2 heterocycles. The lowest BCUT2D eigenvalue weighted by atomic mass is 10.1. The molecule has 23 heavy (non-hydrogen) atoms. The Balaban J connectivity index is 0.00000192. The first-order valence-corrected chi connectivity index (χ1v) is 7.81. The smallest absolute Gasteiger partial charge is 0.227 e. The quantitative estimate of drug-likeness (QED) is 0.524. The summed E-state index contributed by atoms with van der Waals surface area (Å²) in [5.74, 6) is 0.996. The van der Waals surface area contributed by atoms with Gasteiger partial charge in [-0.05, 0) is 18.6 Å². The fraction of sp³-hybridized carbons (Fsp3) is 0.333. The van der Waals surface area contributed by atoms with E-state index in [1.165, 1.54) is 0 Å². The predicted octanol–water partition coefficient (Wildman–Crippen LogP) is -0.426. The van der Waals surface area contributed by atoms with Crippen LogP contribution in [0.2, 0.25) is 0 Å². The zero-order valence-corrected chi connectivity index (χ0v) is 14.6. The lowest BCUT2D eigenvalue weighted by Crippen LogP contribution is -3.00. The molecule has 0 spiro atoms. The highest BCUT2D eigenvalue weighted by atomic mass is 79.9. The van der Waals surface area contributed by atoms with Gasteiger partial charge in [-0.1, -0.05) is 18.2 Å². The van der Waals surface area contributed by atoms with E-state index in [1.54, 1.807) is 0 Å². The van der Waals surface area contributed by atoms with Gasteiger partial charge in [-0.3, -0.25) is 4.79 Å². The monoisotopic (exact) mass is 376 g/mol. The number of halogens is 1. The van der Waals surface area contributed by atoms with Gasteiger partial charge in [0, 0.05) is 25.0 Å². The SMILES string of the molecule is O=C(CCCC[n+]1ccccc1)N1CCOc2ccccc21.[Br-]. The molecule has 3 rings (SSSR count). The van der Waals surface area contributed by atoms with E-state index in [1.807, 2.05) is 47.4 Å². The molecule has 1 aromatic heterocycles. The van der Waals surface area contributed by atoms with Crippen LogP contribution >= 0.6 is 0 Å². The Morgan fingerprint density at radius 2 is 1.87 bits per heavy atom. The zero-order chi connectivity index (χ0) is 15.2. The largest absolute Gasteiger partial charge is 1.00 e. The van der Waals surface area contributed by atoms with Crippen LogP contribution in [0.1, 0.15) is 19.3 Å². The standard InChI is InChI=1S/C18H21N2O2.BrH/c21-18(10-4-7-13-19-11-5-1-6-12-19)20-14-15-22-17-9-3-2-8-16(17)20;/h1-3,5-6,8-9,11-12H,4,7,10,13-15H2;1H/q+1;/p-1. The molecule has 1 amide bonds. The molecule has 4 nitrogen and oxygen atoms in total. The van der Waals surface area contributed by atoms with Crippen LogP contribution < -0.4 is 31.2 Å². The molecule has 0 saturated carbocycles. The molecule has 122 valence electrons. The molecule has 0 unspecified atom stereocenters. The van der Waals surface area contributed by atoms with Gasteiger partial charge in [0.05, 0.1) is 12.2 Å². The number of hydrogen-bond acceptors (Lipinski definition) is 2. The normalized spacial score (nSPS) is 12.8. The van der Waals surface area contributed by atoms with E-state index in [0.29, 0.717) is 19.6 Å². The van der Waals surface area contributed by atoms with Gasteiger partial charge in [-0.15, -0.1) is 0 Å². The van der Waals surface area contributed by atoms with Crippen LogP contribution in [0.25, 0.3) is 0 Å². The Morgan fingerprint density at radius 1 is 1.09 bits per heavy atom. The van der Waals surface area contributed by atoms with Gasteiger partial charge in [0.2, 0.25) is 5.91 Å². The van der Waals surface area contributed by atoms with Gasteiger partial charge in [-0.25, -0.2) is 4.57 Å². The van der Waals surface area contributed by atoms with Crippen LogP contribution in [0, 0.1) is 0 Å². The Labute approximate surface area is 147 Å². The minimum absolute atomic E-state index is 0. The Morgan fingerprint density at radius 3 is 2.70 bits per heavy atom. The number of carbonyl (C=O) groups is 1. The van der Waals surface area contributed by atoms with Crippen molar-refractivity contribution in [2.24, 2.45) is 0 Å². The van der Waals surface area contributed by atoms with Gasteiger partial charge >= 0.3 is 0 Å². The van der Waals surface area contributed by atoms with Gasteiger partial charge in [0.1, 0.15) is 18.9 Å². The summed E-state index contributed by atoms with van der Waals surface area (Å²) < 4.78 is 7.74. The number of aryl methyl sites for hydroxylation is 1. The Bertz CT molecular complexity index is 634. The highest BCUT2D eigenvalue weighted by Gasteiger charge is 2.22. The molecular formula is C18H21BrN2O2. The minimum Gasteiger partial charge on any atom is -1.00 e. The lowest BCUT2D eigenvalue weighted by Gasteiger charge is -2.29. The molecule has 0 atom stereocenters. The number of rotatable bonds is 5. The number of fused-ring (bicyclic) bond motifs is 1. The number of nitrogens with zero attached hydrogens (tertiary/aromatic N) is 2. The van der Waals surface area contributed by atoms with Gasteiger partial charge < -0.3 is 26.6 Å². The van der Waals surface area contributed by atoms with E-state index >= 15 is 0 Å². The maximum absolute atomic E-state index is 12.4. The summed E-state index contributed by atoms with van der Waals surface area (Å²) in [5.41, 5.74) is 0.899. The van der Waals surface area contributed by atoms with Crippen LogP contribution in [-0.2, 0) is 11.3 Å². The van der Waals surface area contributed by atoms with Crippen molar-refractivity contribution in [3.05, 3.63) is 54.9 Å². The van der Waals surface area contributed by atoms with Gasteiger partial charge in [0.15, 0.2) is 12.4 Å². The maximum atomic E-state index is 12.4. The summed E-state index contributed by atoms with van der Waals surface area (Å²) in [6.45, 7) is 2.17. The maximum Gasteiger partial charge on any atom is 0.227 e. The average molecular weight is 377 g/mol. The third-order valence-corrected chi connectivity index (χ3v) is 3.86. The molecular weight excluding hydrogens is 356 g/mol. The molecule has 1 aromatic carbocycles. The number of anilines is 1. The minimum atomic E-state index is 0. The first-order valence-electron chi connectivity index (χ1n) is 7.81. The van der Waals surface area contributed by atoms with Crippen molar-refractivity contribution in [2.45, 2.75) is 25.8 Å². The fourth-order valence-electron chi connectivity index (χ4n) is 2.72. The highest BCUT2D eigenvalue weighted by Crippen LogP contribution is 2.31. The van der Waals surface area contributed by atoms with E-state index in [2.05, 4.69) is 17.0 Å². The number of aromatic nitrogens is 1. The number of hydrogen-bond donors (Lipinski definition) is 0. The highest BCUT2D eigenvalue weighted by molar-refractivity contribution is 5.95. The summed E-state index contributed by atoms with van der Waals surface area (Å²) in [6, 6.07) is 13.8. The second kappa shape index (κ2) is 8.67. The van der Waals surface area contributed by atoms with Crippen molar-refractivity contribution in [3.8, 4) is 5.75 Å². The summed E-state index contributed by atoms with van der Waals surface area (Å²) in [5, 5.41) is 0. The third-order valence-electron chi connectivity index (χ3n) is 3.86. The van der Waals surface area contributed by atoms with E-state index in [-0.39, 0.29) is 22.9 Å². The molecule has 0 saturated heterocycles. The van der Waals surface area contributed by atoms with Crippen molar-refractivity contribution >= 4 is 11.6 Å². The van der Waals surface area contributed by atoms with Crippen molar-refractivity contribution < 1.29 is 31.1 Å². The third kappa shape index (κ3) is 4.55. The lowest BCUT2D eigenvalue weighted by molar-refractivity contribution is -0.697. The fourth-order valence-corrected chi connectivity index (χ4v) is 2.72. The molecule has 1 aliphatic heterocycles. The topological polar surface area (TPSA) is 33.4 Å². The number of unbranched alkanes of at least 4 members (excludes halogenated alkanes) is 1. The van der Waals surface area contributed by atoms with Crippen molar-refractivity contribution in [1.82, 2.24) is 0 Å². The van der Waals surface area contributed by atoms with Gasteiger partial charge in [-0.2, -0.15) is 0 Å². The van der Waals surface area contributed by atoms with Crippen molar-refractivity contribution in [2.75, 3.05) is 18.1 Å². The van der Waals surface area contributed by atoms with Crippen LogP contribution in [0.5, 0.6) is 5.75 Å². The molecule has 5 heteroatoms. The zero-order valence-electron chi connectivity index (χ0n) is 13.0. The summed E-state index contributed by atoms with van der Waals surface area (Å²) in [6.07, 6.45) is 6.61. The van der Waals surface area contributed by atoms with Crippen LogP contribution in [0.4, 0.5) is 5.69 Å². The first kappa shape index (κ1) is 17.5. The van der Waals surface area contributed by atoms with Crippen LogP contribution in [0.3, 0.4) is 0 Å². The molecule has 1 aliphatic rings. The van der Waals surface area contributed by atoms with Crippen LogP contribution in [-0.4, -0.2) is 19.1 Å². The van der Waals surface area contributed by atoms with Crippen molar-refractivity contribution in [1.29, 1.82) is 0 Å². The van der Waals surface area contributed by atoms with E-state index in [4.69, 9.17) is 4.74 Å². The number of pyridine rings is 1. The van der Waals surface area contributed by atoms with Crippen LogP contribution in [0.15, 0.2) is 54.9 Å².